The molecule has 0 saturated carbocycles. The maximum absolute atomic E-state index is 13.7. The molecule has 0 fully saturated rings. The molecule has 0 radical (unpaired) electrons. The smallest absolute Gasteiger partial charge is 0.306 e. The minimum absolute atomic E-state index is 0.0933. The van der Waals surface area contributed by atoms with E-state index in [2.05, 4.69) is 20.5 Å². The number of hydrogen-bond acceptors (Lipinski definition) is 6. The number of nitro benzene ring substituents is 1. The Morgan fingerprint density at radius 2 is 2.00 bits per heavy atom. The van der Waals surface area contributed by atoms with Gasteiger partial charge in [-0.25, -0.2) is 9.37 Å². The van der Waals surface area contributed by atoms with Crippen LogP contribution in [0.5, 0.6) is 0 Å². The van der Waals surface area contributed by atoms with Crippen molar-refractivity contribution in [2.45, 2.75) is 5.16 Å². The summed E-state index contributed by atoms with van der Waals surface area (Å²) in [7, 11) is 0. The Kier molecular flexibility index (Phi) is 5.41. The van der Waals surface area contributed by atoms with E-state index in [0.717, 1.165) is 23.9 Å². The molecule has 11 heteroatoms. The zero-order valence-corrected chi connectivity index (χ0v) is 14.3. The van der Waals surface area contributed by atoms with Gasteiger partial charge in [0.1, 0.15) is 5.82 Å². The maximum atomic E-state index is 13.7. The Balaban J connectivity index is 1.61. The number of aromatic amines is 1. The van der Waals surface area contributed by atoms with Crippen LogP contribution in [0.1, 0.15) is 0 Å². The fraction of sp³-hybridized carbons (Fsp3) is 0.0625. The molecular weight excluding hydrogens is 380 g/mol. The highest BCUT2D eigenvalue weighted by atomic mass is 32.2. The predicted octanol–water partition coefficient (Wildman–Crippen LogP) is 3.39. The molecule has 1 heterocycles. The molecule has 0 bridgehead atoms. The molecule has 0 unspecified atom stereocenters. The SMILES string of the molecule is O=C(CSc1n[nH]c(-c2ccccc2F)n1)Nc1ccc(F)c([N+](=O)[O-])c1. The molecular formula is C16H11F2N5O3S. The molecule has 0 atom stereocenters. The zero-order valence-electron chi connectivity index (χ0n) is 13.5. The number of hydrogen-bond donors (Lipinski definition) is 2. The number of halogens is 2. The number of anilines is 1. The number of aromatic nitrogens is 3. The number of benzene rings is 2. The standard InChI is InChI=1S/C16H11F2N5O3S/c17-11-4-2-1-3-10(11)15-20-16(22-21-15)27-8-14(24)19-9-5-6-12(18)13(7-9)23(25)26/h1-7H,8H2,(H,19,24)(H,20,21,22). The first kappa shape index (κ1) is 18.5. The van der Waals surface area contributed by atoms with E-state index in [1.54, 1.807) is 18.2 Å². The van der Waals surface area contributed by atoms with Gasteiger partial charge in [-0.05, 0) is 24.3 Å². The van der Waals surface area contributed by atoms with Gasteiger partial charge in [-0.1, -0.05) is 23.9 Å². The van der Waals surface area contributed by atoms with Crippen LogP contribution in [0.2, 0.25) is 0 Å². The van der Waals surface area contributed by atoms with Crippen molar-refractivity contribution in [2.24, 2.45) is 0 Å². The number of carbonyl (C=O) groups is 1. The summed E-state index contributed by atoms with van der Waals surface area (Å²) >= 11 is 0.987. The van der Waals surface area contributed by atoms with Crippen molar-refractivity contribution in [3.05, 3.63) is 64.2 Å². The van der Waals surface area contributed by atoms with Gasteiger partial charge in [0, 0.05) is 11.8 Å². The van der Waals surface area contributed by atoms with E-state index in [-0.39, 0.29) is 28.0 Å². The van der Waals surface area contributed by atoms with Gasteiger partial charge in [-0.15, -0.1) is 5.10 Å². The third kappa shape index (κ3) is 4.44. The number of rotatable bonds is 6. The van der Waals surface area contributed by atoms with E-state index in [1.165, 1.54) is 12.1 Å². The van der Waals surface area contributed by atoms with Crippen molar-refractivity contribution in [3.8, 4) is 11.4 Å². The summed E-state index contributed by atoms with van der Waals surface area (Å²) in [6.45, 7) is 0. The Hall–Kier alpha value is -3.34. The molecule has 0 aliphatic carbocycles. The largest absolute Gasteiger partial charge is 0.325 e. The quantitative estimate of drug-likeness (QED) is 0.378. The van der Waals surface area contributed by atoms with Gasteiger partial charge in [-0.2, -0.15) is 4.39 Å². The summed E-state index contributed by atoms with van der Waals surface area (Å²) in [5, 5.41) is 19.9. The van der Waals surface area contributed by atoms with Crippen LogP contribution in [-0.4, -0.2) is 31.8 Å². The van der Waals surface area contributed by atoms with Gasteiger partial charge >= 0.3 is 5.69 Å². The molecule has 0 aliphatic rings. The van der Waals surface area contributed by atoms with E-state index in [0.29, 0.717) is 0 Å². The van der Waals surface area contributed by atoms with Gasteiger partial charge in [-0.3, -0.25) is 20.0 Å². The van der Waals surface area contributed by atoms with E-state index in [4.69, 9.17) is 0 Å². The lowest BCUT2D eigenvalue weighted by atomic mass is 10.2. The van der Waals surface area contributed by atoms with Crippen LogP contribution >= 0.6 is 11.8 Å². The summed E-state index contributed by atoms with van der Waals surface area (Å²) in [5.41, 5.74) is -0.389. The first-order chi connectivity index (χ1) is 12.9. The van der Waals surface area contributed by atoms with Crippen LogP contribution in [0.25, 0.3) is 11.4 Å². The number of nitrogens with zero attached hydrogens (tertiary/aromatic N) is 3. The molecule has 138 valence electrons. The van der Waals surface area contributed by atoms with Gasteiger partial charge < -0.3 is 5.32 Å². The van der Waals surface area contributed by atoms with Crippen LogP contribution in [0.15, 0.2) is 47.6 Å². The summed E-state index contributed by atoms with van der Waals surface area (Å²) in [6.07, 6.45) is 0. The van der Waals surface area contributed by atoms with E-state index >= 15 is 0 Å². The van der Waals surface area contributed by atoms with Crippen LogP contribution < -0.4 is 5.32 Å². The van der Waals surface area contributed by atoms with Crippen molar-refractivity contribution in [1.82, 2.24) is 15.2 Å². The molecule has 2 aromatic carbocycles. The fourth-order valence-corrected chi connectivity index (χ4v) is 2.74. The van der Waals surface area contributed by atoms with E-state index in [9.17, 15) is 23.7 Å². The average molecular weight is 391 g/mol. The first-order valence-electron chi connectivity index (χ1n) is 7.48. The molecule has 1 amide bonds. The molecule has 0 spiro atoms. The summed E-state index contributed by atoms with van der Waals surface area (Å²) in [6, 6.07) is 9.09. The Morgan fingerprint density at radius 3 is 2.74 bits per heavy atom. The molecule has 3 rings (SSSR count). The van der Waals surface area contributed by atoms with E-state index in [1.807, 2.05) is 0 Å². The highest BCUT2D eigenvalue weighted by Gasteiger charge is 2.16. The zero-order chi connectivity index (χ0) is 19.4. The van der Waals surface area contributed by atoms with Gasteiger partial charge in [0.15, 0.2) is 5.82 Å². The summed E-state index contributed by atoms with van der Waals surface area (Å²) < 4.78 is 27.0. The first-order valence-corrected chi connectivity index (χ1v) is 8.46. The Labute approximate surface area is 155 Å². The minimum atomic E-state index is -0.992. The molecule has 0 aliphatic heterocycles. The molecule has 8 nitrogen and oxygen atoms in total. The molecule has 27 heavy (non-hydrogen) atoms. The lowest BCUT2D eigenvalue weighted by molar-refractivity contribution is -0.387. The van der Waals surface area contributed by atoms with Crippen LogP contribution in [0.4, 0.5) is 20.2 Å². The summed E-state index contributed by atoms with van der Waals surface area (Å²) in [5.74, 6) is -1.81. The van der Waals surface area contributed by atoms with Crippen molar-refractivity contribution in [1.29, 1.82) is 0 Å². The Morgan fingerprint density at radius 1 is 1.22 bits per heavy atom. The highest BCUT2D eigenvalue weighted by Crippen LogP contribution is 2.23. The third-order valence-corrected chi connectivity index (χ3v) is 4.20. The van der Waals surface area contributed by atoms with Gasteiger partial charge in [0.2, 0.25) is 16.9 Å². The lowest BCUT2D eigenvalue weighted by Crippen LogP contribution is -2.14. The number of H-pyrrole nitrogens is 1. The third-order valence-electron chi connectivity index (χ3n) is 3.35. The topological polar surface area (TPSA) is 114 Å². The second kappa shape index (κ2) is 7.91. The second-order valence-electron chi connectivity index (χ2n) is 5.21. The highest BCUT2D eigenvalue weighted by molar-refractivity contribution is 7.99. The average Bonchev–Trinajstić information content (AvgIpc) is 3.10. The van der Waals surface area contributed by atoms with E-state index < -0.39 is 28.2 Å². The molecule has 2 N–H and O–H groups in total. The van der Waals surface area contributed by atoms with Crippen LogP contribution in [0, 0.1) is 21.7 Å². The second-order valence-corrected chi connectivity index (χ2v) is 6.15. The minimum Gasteiger partial charge on any atom is -0.325 e. The Bertz CT molecular complexity index is 1010. The monoisotopic (exact) mass is 391 g/mol. The normalized spacial score (nSPS) is 10.6. The van der Waals surface area contributed by atoms with Crippen molar-refractivity contribution in [3.63, 3.8) is 0 Å². The van der Waals surface area contributed by atoms with Crippen molar-refractivity contribution in [2.75, 3.05) is 11.1 Å². The summed E-state index contributed by atoms with van der Waals surface area (Å²) in [4.78, 5) is 25.9. The molecule has 1 aromatic heterocycles. The fourth-order valence-electron chi connectivity index (χ4n) is 2.14. The number of amides is 1. The number of nitrogens with one attached hydrogen (secondary N) is 2. The predicted molar refractivity (Wildman–Crippen MR) is 94.2 cm³/mol. The van der Waals surface area contributed by atoms with Gasteiger partial charge in [0.25, 0.3) is 0 Å². The number of nitro groups is 1. The number of carbonyl (C=O) groups excluding carboxylic acids is 1. The molecule has 0 saturated heterocycles. The number of thioether (sulfide) groups is 1. The van der Waals surface area contributed by atoms with Crippen LogP contribution in [0.3, 0.4) is 0 Å². The van der Waals surface area contributed by atoms with Crippen LogP contribution in [-0.2, 0) is 4.79 Å². The lowest BCUT2D eigenvalue weighted by Gasteiger charge is -2.04. The van der Waals surface area contributed by atoms with Crippen molar-refractivity contribution < 1.29 is 18.5 Å². The van der Waals surface area contributed by atoms with Crippen molar-refractivity contribution >= 4 is 29.0 Å². The van der Waals surface area contributed by atoms with Gasteiger partial charge in [0.05, 0.1) is 16.2 Å². The molecule has 3 aromatic rings. The maximum Gasteiger partial charge on any atom is 0.306 e.